The molecular formula is C9H10ClF2N3. The molecule has 0 spiro atoms. The first-order valence-electron chi connectivity index (χ1n) is 4.27. The predicted molar refractivity (Wildman–Crippen MR) is 57.5 cm³/mol. The van der Waals surface area contributed by atoms with E-state index in [1.165, 1.54) is 18.2 Å². The van der Waals surface area contributed by atoms with Crippen LogP contribution in [0, 0.1) is 11.6 Å². The van der Waals surface area contributed by atoms with Crippen LogP contribution in [0.25, 0.3) is 0 Å². The third-order valence-electron chi connectivity index (χ3n) is 1.88. The molecule has 2 rings (SSSR count). The van der Waals surface area contributed by atoms with E-state index < -0.39 is 11.6 Å². The van der Waals surface area contributed by atoms with E-state index in [0.29, 0.717) is 19.0 Å². The standard InChI is InChI=1S/C9H9F2N3.ClH/c10-6-2-1-3-7(11)8(6)14-9-12-4-5-13-9;/h1-3H,4-5H2,(H2,12,13,14);1H. The third kappa shape index (κ3) is 2.56. The maximum absolute atomic E-state index is 13.1. The summed E-state index contributed by atoms with van der Waals surface area (Å²) in [6.07, 6.45) is 0. The van der Waals surface area contributed by atoms with Crippen molar-refractivity contribution in [1.82, 2.24) is 5.32 Å². The molecule has 0 atom stereocenters. The lowest BCUT2D eigenvalue weighted by Gasteiger charge is -2.07. The number of anilines is 1. The molecule has 0 aliphatic carbocycles. The van der Waals surface area contributed by atoms with Crippen LogP contribution < -0.4 is 10.6 Å². The highest BCUT2D eigenvalue weighted by Gasteiger charge is 2.11. The lowest BCUT2D eigenvalue weighted by molar-refractivity contribution is 0.591. The molecule has 0 saturated carbocycles. The molecule has 15 heavy (non-hydrogen) atoms. The zero-order valence-corrected chi connectivity index (χ0v) is 8.57. The van der Waals surface area contributed by atoms with Crippen LogP contribution in [-0.2, 0) is 0 Å². The SMILES string of the molecule is Cl.Fc1cccc(F)c1NC1=NCCN1. The maximum Gasteiger partial charge on any atom is 0.196 e. The van der Waals surface area contributed by atoms with Crippen molar-refractivity contribution in [3.63, 3.8) is 0 Å². The van der Waals surface area contributed by atoms with Gasteiger partial charge in [0.25, 0.3) is 0 Å². The number of benzene rings is 1. The van der Waals surface area contributed by atoms with E-state index in [4.69, 9.17) is 0 Å². The number of hydrogen-bond donors (Lipinski definition) is 2. The van der Waals surface area contributed by atoms with Gasteiger partial charge in [-0.05, 0) is 12.1 Å². The third-order valence-corrected chi connectivity index (χ3v) is 1.88. The Morgan fingerprint density at radius 1 is 1.27 bits per heavy atom. The van der Waals surface area contributed by atoms with Crippen molar-refractivity contribution in [2.75, 3.05) is 18.4 Å². The van der Waals surface area contributed by atoms with Gasteiger partial charge in [0.05, 0.1) is 6.54 Å². The van der Waals surface area contributed by atoms with Gasteiger partial charge in [-0.3, -0.25) is 4.99 Å². The van der Waals surface area contributed by atoms with Gasteiger partial charge in [0, 0.05) is 6.54 Å². The second-order valence-electron chi connectivity index (χ2n) is 2.88. The summed E-state index contributed by atoms with van der Waals surface area (Å²) in [5.41, 5.74) is -0.166. The van der Waals surface area contributed by atoms with E-state index in [2.05, 4.69) is 15.6 Å². The van der Waals surface area contributed by atoms with E-state index in [1.807, 2.05) is 0 Å². The van der Waals surface area contributed by atoms with Crippen LogP contribution in [0.5, 0.6) is 0 Å². The fraction of sp³-hybridized carbons (Fsp3) is 0.222. The summed E-state index contributed by atoms with van der Waals surface area (Å²) in [7, 11) is 0. The first-order chi connectivity index (χ1) is 6.77. The quantitative estimate of drug-likeness (QED) is 0.776. The summed E-state index contributed by atoms with van der Waals surface area (Å²) in [6.45, 7) is 1.32. The largest absolute Gasteiger partial charge is 0.354 e. The molecule has 1 aromatic carbocycles. The summed E-state index contributed by atoms with van der Waals surface area (Å²) >= 11 is 0. The molecule has 3 nitrogen and oxygen atoms in total. The number of para-hydroxylation sites is 1. The van der Waals surface area contributed by atoms with Crippen molar-refractivity contribution in [2.45, 2.75) is 0 Å². The lowest BCUT2D eigenvalue weighted by atomic mass is 10.3. The van der Waals surface area contributed by atoms with Gasteiger partial charge in [0.2, 0.25) is 0 Å². The Balaban J connectivity index is 0.00000112. The van der Waals surface area contributed by atoms with E-state index in [-0.39, 0.29) is 18.1 Å². The van der Waals surface area contributed by atoms with Crippen LogP contribution >= 0.6 is 12.4 Å². The molecule has 1 aromatic rings. The monoisotopic (exact) mass is 233 g/mol. The van der Waals surface area contributed by atoms with Gasteiger partial charge in [0.15, 0.2) is 5.96 Å². The molecule has 1 aliphatic rings. The molecule has 0 fully saturated rings. The van der Waals surface area contributed by atoms with E-state index in [1.54, 1.807) is 0 Å². The van der Waals surface area contributed by atoms with E-state index >= 15 is 0 Å². The second-order valence-corrected chi connectivity index (χ2v) is 2.88. The minimum absolute atomic E-state index is 0. The van der Waals surface area contributed by atoms with Gasteiger partial charge in [-0.15, -0.1) is 12.4 Å². The molecule has 1 heterocycles. The Labute approximate surface area is 92.0 Å². The van der Waals surface area contributed by atoms with Crippen LogP contribution in [0.3, 0.4) is 0 Å². The Morgan fingerprint density at radius 2 is 1.93 bits per heavy atom. The number of guanidine groups is 1. The highest BCUT2D eigenvalue weighted by molar-refractivity contribution is 5.94. The van der Waals surface area contributed by atoms with Crippen LogP contribution in [0.1, 0.15) is 0 Å². The van der Waals surface area contributed by atoms with Crippen molar-refractivity contribution >= 4 is 24.1 Å². The zero-order valence-electron chi connectivity index (χ0n) is 7.76. The number of nitrogens with zero attached hydrogens (tertiary/aromatic N) is 1. The van der Waals surface area contributed by atoms with E-state index in [9.17, 15) is 8.78 Å². The summed E-state index contributed by atoms with van der Waals surface area (Å²) in [6, 6.07) is 3.71. The molecule has 2 N–H and O–H groups in total. The lowest BCUT2D eigenvalue weighted by Crippen LogP contribution is -2.27. The van der Waals surface area contributed by atoms with Gasteiger partial charge in [-0.1, -0.05) is 6.07 Å². The average Bonchev–Trinajstić information content (AvgIpc) is 2.64. The number of nitrogens with one attached hydrogen (secondary N) is 2. The van der Waals surface area contributed by atoms with Crippen LogP contribution in [0.15, 0.2) is 23.2 Å². The topological polar surface area (TPSA) is 36.4 Å². The van der Waals surface area contributed by atoms with Gasteiger partial charge in [-0.25, -0.2) is 8.78 Å². The highest BCUT2D eigenvalue weighted by atomic mass is 35.5. The predicted octanol–water partition coefficient (Wildman–Crippen LogP) is 1.76. The Morgan fingerprint density at radius 3 is 2.47 bits per heavy atom. The zero-order chi connectivity index (χ0) is 9.97. The molecule has 6 heteroatoms. The highest BCUT2D eigenvalue weighted by Crippen LogP contribution is 2.17. The van der Waals surface area contributed by atoms with Gasteiger partial charge in [0.1, 0.15) is 17.3 Å². The summed E-state index contributed by atoms with van der Waals surface area (Å²) in [5.74, 6) is -0.836. The minimum atomic E-state index is -0.624. The van der Waals surface area contributed by atoms with Crippen molar-refractivity contribution < 1.29 is 8.78 Å². The van der Waals surface area contributed by atoms with Gasteiger partial charge < -0.3 is 10.6 Å². The van der Waals surface area contributed by atoms with Crippen molar-refractivity contribution in [3.8, 4) is 0 Å². The molecule has 0 saturated heterocycles. The van der Waals surface area contributed by atoms with Crippen molar-refractivity contribution in [3.05, 3.63) is 29.8 Å². The minimum Gasteiger partial charge on any atom is -0.354 e. The fourth-order valence-corrected chi connectivity index (χ4v) is 1.22. The summed E-state index contributed by atoms with van der Waals surface area (Å²) < 4.78 is 26.2. The Hall–Kier alpha value is -1.36. The smallest absolute Gasteiger partial charge is 0.196 e. The molecule has 0 bridgehead atoms. The van der Waals surface area contributed by atoms with Crippen molar-refractivity contribution in [2.24, 2.45) is 4.99 Å². The molecule has 0 aromatic heterocycles. The summed E-state index contributed by atoms with van der Waals surface area (Å²) in [5, 5.41) is 5.43. The normalized spacial score (nSPS) is 13.9. The second kappa shape index (κ2) is 4.93. The van der Waals surface area contributed by atoms with Crippen LogP contribution in [-0.4, -0.2) is 19.0 Å². The van der Waals surface area contributed by atoms with E-state index in [0.717, 1.165) is 0 Å². The van der Waals surface area contributed by atoms with Gasteiger partial charge in [-0.2, -0.15) is 0 Å². The molecule has 82 valence electrons. The number of hydrogen-bond acceptors (Lipinski definition) is 3. The van der Waals surface area contributed by atoms with Crippen molar-refractivity contribution in [1.29, 1.82) is 0 Å². The van der Waals surface area contributed by atoms with Crippen LogP contribution in [0.4, 0.5) is 14.5 Å². The number of halogens is 3. The summed E-state index contributed by atoms with van der Waals surface area (Å²) in [4.78, 5) is 3.97. The molecule has 0 radical (unpaired) electrons. The Kier molecular flexibility index (Phi) is 3.85. The van der Waals surface area contributed by atoms with Gasteiger partial charge >= 0.3 is 0 Å². The molecule has 0 amide bonds. The first kappa shape index (κ1) is 11.7. The number of rotatable bonds is 1. The van der Waals surface area contributed by atoms with Crippen LogP contribution in [0.2, 0.25) is 0 Å². The maximum atomic E-state index is 13.1. The molecule has 1 aliphatic heterocycles. The fourth-order valence-electron chi connectivity index (χ4n) is 1.22. The number of aliphatic imine (C=N–C) groups is 1. The average molecular weight is 234 g/mol. The Bertz CT molecular complexity index is 361. The first-order valence-corrected chi connectivity index (χ1v) is 4.27. The molecule has 0 unspecified atom stereocenters. The molecular weight excluding hydrogens is 224 g/mol.